The van der Waals surface area contributed by atoms with Gasteiger partial charge in [-0.2, -0.15) is 0 Å². The van der Waals surface area contributed by atoms with Gasteiger partial charge in [-0.3, -0.25) is 9.46 Å². The maximum Gasteiger partial charge on any atom is 0.552 e. The predicted molar refractivity (Wildman–Crippen MR) is 95.1 cm³/mol. The Morgan fingerprint density at radius 2 is 2.12 bits per heavy atom. The second kappa shape index (κ2) is 9.34. The Hall–Kier alpha value is -1.40. The Bertz CT molecular complexity index is 617. The van der Waals surface area contributed by atoms with Gasteiger partial charge >= 0.3 is 13.6 Å². The van der Waals surface area contributed by atoms with Gasteiger partial charge in [0.05, 0.1) is 19.8 Å². The Morgan fingerprint density at radius 1 is 1.40 bits per heavy atom. The number of esters is 1. The average Bonchev–Trinajstić information content (AvgIpc) is 2.55. The normalized spacial score (nSPS) is 19.0. The summed E-state index contributed by atoms with van der Waals surface area (Å²) in [7, 11) is -3.20. The van der Waals surface area contributed by atoms with Crippen LogP contribution in [0.15, 0.2) is 24.3 Å². The third-order valence-corrected chi connectivity index (χ3v) is 4.91. The van der Waals surface area contributed by atoms with Gasteiger partial charge in [-0.1, -0.05) is 12.1 Å². The molecule has 0 aromatic heterocycles. The zero-order chi connectivity index (χ0) is 18.3. The van der Waals surface area contributed by atoms with Crippen LogP contribution in [0, 0.1) is 0 Å². The molecule has 1 aromatic carbocycles. The second-order valence-corrected chi connectivity index (χ2v) is 7.93. The maximum absolute atomic E-state index is 11.6. The summed E-state index contributed by atoms with van der Waals surface area (Å²) in [6, 6.07) is 7.52. The fraction of sp³-hybridized carbons (Fsp3) is 0.588. The lowest BCUT2D eigenvalue weighted by Crippen LogP contribution is -2.35. The van der Waals surface area contributed by atoms with Crippen molar-refractivity contribution >= 4 is 13.6 Å². The van der Waals surface area contributed by atoms with E-state index in [1.165, 1.54) is 13.6 Å². The maximum atomic E-state index is 11.6. The molecule has 7 nitrogen and oxygen atoms in total. The van der Waals surface area contributed by atoms with Gasteiger partial charge in [0.15, 0.2) is 6.10 Å². The van der Waals surface area contributed by atoms with E-state index in [1.807, 2.05) is 18.2 Å². The van der Waals surface area contributed by atoms with E-state index in [2.05, 4.69) is 4.90 Å². The number of nitrogens with zero attached hydrogens (tertiary/aromatic N) is 1. The molecule has 2 unspecified atom stereocenters. The predicted octanol–water partition coefficient (Wildman–Crippen LogP) is 2.63. The number of hydrogen-bond donors (Lipinski definition) is 0. The van der Waals surface area contributed by atoms with E-state index in [0.717, 1.165) is 38.4 Å². The number of benzene rings is 1. The Balaban J connectivity index is 1.95. The molecule has 25 heavy (non-hydrogen) atoms. The molecular formula is C17H27NO6P+. The Labute approximate surface area is 148 Å². The van der Waals surface area contributed by atoms with E-state index in [9.17, 15) is 9.36 Å². The van der Waals surface area contributed by atoms with Crippen LogP contribution in [0.5, 0.6) is 5.75 Å². The molecule has 1 aromatic rings. The van der Waals surface area contributed by atoms with Crippen LogP contribution in [0.3, 0.4) is 0 Å². The minimum absolute atomic E-state index is 0.261. The summed E-state index contributed by atoms with van der Waals surface area (Å²) in [4.78, 5) is 13.9. The first-order valence-electron chi connectivity index (χ1n) is 8.42. The number of carbonyl (C=O) groups is 1. The van der Waals surface area contributed by atoms with Crippen LogP contribution >= 0.6 is 7.60 Å². The fourth-order valence-corrected chi connectivity index (χ4v) is 3.75. The van der Waals surface area contributed by atoms with Gasteiger partial charge in [-0.05, 0) is 31.5 Å². The molecule has 2 atom stereocenters. The second-order valence-electron chi connectivity index (χ2n) is 5.93. The zero-order valence-corrected chi connectivity index (χ0v) is 15.9. The van der Waals surface area contributed by atoms with Gasteiger partial charge < -0.3 is 14.0 Å². The summed E-state index contributed by atoms with van der Waals surface area (Å²) in [6.45, 7) is 9.05. The molecule has 0 amide bonds. The smallest absolute Gasteiger partial charge is 0.464 e. The van der Waals surface area contributed by atoms with E-state index in [0.29, 0.717) is 5.75 Å². The van der Waals surface area contributed by atoms with E-state index >= 15 is 0 Å². The van der Waals surface area contributed by atoms with Gasteiger partial charge in [0.25, 0.3) is 0 Å². The van der Waals surface area contributed by atoms with E-state index in [-0.39, 0.29) is 6.61 Å². The minimum Gasteiger partial charge on any atom is -0.464 e. The van der Waals surface area contributed by atoms with Crippen molar-refractivity contribution in [2.24, 2.45) is 0 Å². The molecule has 0 spiro atoms. The van der Waals surface area contributed by atoms with Crippen LogP contribution in [0.1, 0.15) is 19.4 Å². The summed E-state index contributed by atoms with van der Waals surface area (Å²) >= 11 is 0. The minimum atomic E-state index is -3.20. The number of morpholine rings is 1. The van der Waals surface area contributed by atoms with Gasteiger partial charge in [0, 0.05) is 19.6 Å². The van der Waals surface area contributed by atoms with Crippen molar-refractivity contribution in [2.45, 2.75) is 26.5 Å². The van der Waals surface area contributed by atoms with Gasteiger partial charge in [0.2, 0.25) is 0 Å². The highest BCUT2D eigenvalue weighted by Gasteiger charge is 2.33. The lowest BCUT2D eigenvalue weighted by Gasteiger charge is -2.26. The zero-order valence-electron chi connectivity index (χ0n) is 15.0. The summed E-state index contributed by atoms with van der Waals surface area (Å²) < 4.78 is 31.6. The van der Waals surface area contributed by atoms with E-state index < -0.39 is 19.7 Å². The highest BCUT2D eigenvalue weighted by atomic mass is 31.2. The molecule has 1 aliphatic rings. The summed E-state index contributed by atoms with van der Waals surface area (Å²) in [5.74, 6) is -0.00686. The number of rotatable bonds is 8. The van der Waals surface area contributed by atoms with E-state index in [4.69, 9.17) is 18.5 Å². The summed E-state index contributed by atoms with van der Waals surface area (Å²) in [5.41, 5.74) is 1.08. The first-order chi connectivity index (χ1) is 11.9. The molecule has 8 heteroatoms. The lowest BCUT2D eigenvalue weighted by molar-refractivity contribution is -0.150. The quantitative estimate of drug-likeness (QED) is 0.397. The summed E-state index contributed by atoms with van der Waals surface area (Å²) in [5, 5.41) is 0. The molecule has 1 heterocycles. The van der Waals surface area contributed by atoms with Crippen molar-refractivity contribution in [1.29, 1.82) is 0 Å². The molecule has 2 rings (SSSR count). The topological polar surface area (TPSA) is 78.6 Å². The molecule has 1 N–H and O–H groups in total. The first kappa shape index (κ1) is 19.9. The van der Waals surface area contributed by atoms with Crippen molar-refractivity contribution in [1.82, 2.24) is 4.90 Å². The first-order valence-corrected chi connectivity index (χ1v) is 10.4. The largest absolute Gasteiger partial charge is 0.552 e. The van der Waals surface area contributed by atoms with Crippen LogP contribution in [0.25, 0.3) is 0 Å². The molecule has 1 saturated heterocycles. The number of carbonyl (C=O) groups excluding carboxylic acids is 1. The standard InChI is InChI=1S/C17H26NO6P/c1-4-22-17(19)14(2)23-25(3,20)24-16-7-5-6-15(12-16)13-18-8-10-21-11-9-18/h5-7,12,14H,4,8-11,13H2,1-3H3/p+1. The van der Waals surface area contributed by atoms with Crippen molar-refractivity contribution in [2.75, 3.05) is 39.6 Å². The molecule has 0 radical (unpaired) electrons. The van der Waals surface area contributed by atoms with E-state index in [1.54, 1.807) is 13.0 Å². The van der Waals surface area contributed by atoms with Crippen molar-refractivity contribution in [3.8, 4) is 5.75 Å². The molecule has 0 saturated carbocycles. The third-order valence-electron chi connectivity index (χ3n) is 3.66. The van der Waals surface area contributed by atoms with Crippen LogP contribution < -0.4 is 4.52 Å². The van der Waals surface area contributed by atoms with Crippen molar-refractivity contribution < 1.29 is 27.9 Å². The van der Waals surface area contributed by atoms with Crippen molar-refractivity contribution in [3.05, 3.63) is 29.8 Å². The molecular weight excluding hydrogens is 345 g/mol. The molecule has 0 bridgehead atoms. The van der Waals surface area contributed by atoms with Crippen LogP contribution in [0.2, 0.25) is 0 Å². The third kappa shape index (κ3) is 6.78. The van der Waals surface area contributed by atoms with Gasteiger partial charge in [0.1, 0.15) is 12.4 Å². The average molecular weight is 372 g/mol. The molecule has 1 aliphatic heterocycles. The van der Waals surface area contributed by atoms with Gasteiger partial charge in [-0.15, -0.1) is 0 Å². The SMILES string of the molecule is CCOC(=O)C(C)OP(C)(=[OH+])Oc1cccc(CN2CCOCC2)c1. The highest BCUT2D eigenvalue weighted by molar-refractivity contribution is 7.53. The van der Waals surface area contributed by atoms with Gasteiger partial charge in [-0.25, -0.2) is 9.32 Å². The molecule has 140 valence electrons. The molecule has 0 aliphatic carbocycles. The lowest BCUT2D eigenvalue weighted by atomic mass is 10.2. The Morgan fingerprint density at radius 3 is 2.80 bits per heavy atom. The molecule has 1 fully saturated rings. The van der Waals surface area contributed by atoms with Crippen LogP contribution in [0.4, 0.5) is 0 Å². The summed E-state index contributed by atoms with van der Waals surface area (Å²) in [6.07, 6.45) is -0.889. The van der Waals surface area contributed by atoms with Crippen LogP contribution in [-0.4, -0.2) is 61.1 Å². The van der Waals surface area contributed by atoms with Crippen LogP contribution in [-0.2, 0) is 25.3 Å². The number of hydrogen-bond acceptors (Lipinski definition) is 6. The Kier molecular flexibility index (Phi) is 7.44. The van der Waals surface area contributed by atoms with Crippen molar-refractivity contribution in [3.63, 3.8) is 0 Å². The highest BCUT2D eigenvalue weighted by Crippen LogP contribution is 2.45. The number of ether oxygens (including phenoxy) is 2. The fourth-order valence-electron chi connectivity index (χ4n) is 2.53. The monoisotopic (exact) mass is 372 g/mol.